The molecule has 80 valence electrons. The van der Waals surface area contributed by atoms with Crippen molar-refractivity contribution in [3.05, 3.63) is 16.1 Å². The summed E-state index contributed by atoms with van der Waals surface area (Å²) in [6, 6.07) is 0. The number of hydrogen-bond donors (Lipinski definition) is 1. The largest absolute Gasteiger partial charge is 0.330 e. The number of rotatable bonds is 7. The molecule has 0 bridgehead atoms. The molecule has 3 heteroatoms. The van der Waals surface area contributed by atoms with Gasteiger partial charge in [-0.1, -0.05) is 26.2 Å². The normalized spacial score (nSPS) is 10.7. The van der Waals surface area contributed by atoms with Gasteiger partial charge in [-0.15, -0.1) is 11.3 Å². The quantitative estimate of drug-likeness (QED) is 0.706. The first-order valence-corrected chi connectivity index (χ1v) is 6.38. The smallest absolute Gasteiger partial charge is 0.0940 e. The molecule has 0 aromatic carbocycles. The van der Waals surface area contributed by atoms with E-state index in [4.69, 9.17) is 5.73 Å². The van der Waals surface area contributed by atoms with Crippen LogP contribution in [0, 0.1) is 0 Å². The molecule has 1 heterocycles. The van der Waals surface area contributed by atoms with Crippen molar-refractivity contribution in [1.29, 1.82) is 0 Å². The minimum atomic E-state index is 0.711. The van der Waals surface area contributed by atoms with Crippen LogP contribution in [0.15, 0.2) is 5.38 Å². The van der Waals surface area contributed by atoms with Gasteiger partial charge in [0.25, 0.3) is 0 Å². The van der Waals surface area contributed by atoms with Crippen molar-refractivity contribution in [3.63, 3.8) is 0 Å². The first kappa shape index (κ1) is 11.7. The second-order valence-corrected chi connectivity index (χ2v) is 4.52. The van der Waals surface area contributed by atoms with E-state index in [1.54, 1.807) is 11.3 Å². The van der Waals surface area contributed by atoms with E-state index in [-0.39, 0.29) is 0 Å². The van der Waals surface area contributed by atoms with Crippen molar-refractivity contribution in [2.75, 3.05) is 6.54 Å². The maximum Gasteiger partial charge on any atom is 0.0940 e. The summed E-state index contributed by atoms with van der Waals surface area (Å²) in [5, 5.41) is 3.37. The lowest BCUT2D eigenvalue weighted by Gasteiger charge is -1.96. The molecular formula is C11H20N2S. The van der Waals surface area contributed by atoms with Crippen LogP contribution in [0.3, 0.4) is 0 Å². The van der Waals surface area contributed by atoms with E-state index in [9.17, 15) is 0 Å². The average molecular weight is 212 g/mol. The Balaban J connectivity index is 2.22. The molecule has 0 aliphatic carbocycles. The van der Waals surface area contributed by atoms with Gasteiger partial charge in [-0.05, 0) is 19.4 Å². The van der Waals surface area contributed by atoms with Crippen LogP contribution < -0.4 is 5.73 Å². The van der Waals surface area contributed by atoms with E-state index in [0.717, 1.165) is 12.8 Å². The molecule has 2 nitrogen and oxygen atoms in total. The minimum absolute atomic E-state index is 0.711. The predicted molar refractivity (Wildman–Crippen MR) is 62.7 cm³/mol. The Morgan fingerprint density at radius 3 is 2.86 bits per heavy atom. The summed E-state index contributed by atoms with van der Waals surface area (Å²) in [6.45, 7) is 2.95. The molecule has 0 amide bonds. The summed E-state index contributed by atoms with van der Waals surface area (Å²) >= 11 is 1.75. The van der Waals surface area contributed by atoms with Crippen molar-refractivity contribution in [3.8, 4) is 0 Å². The number of unbranched alkanes of at least 4 members (excludes halogenated alkanes) is 3. The molecule has 1 rings (SSSR count). The van der Waals surface area contributed by atoms with E-state index in [2.05, 4.69) is 17.3 Å². The van der Waals surface area contributed by atoms with Gasteiger partial charge in [0.1, 0.15) is 0 Å². The maximum atomic E-state index is 5.48. The highest BCUT2D eigenvalue weighted by molar-refractivity contribution is 7.09. The monoisotopic (exact) mass is 212 g/mol. The molecule has 0 spiro atoms. The highest BCUT2D eigenvalue weighted by Gasteiger charge is 2.00. The second-order valence-electron chi connectivity index (χ2n) is 3.58. The van der Waals surface area contributed by atoms with Gasteiger partial charge < -0.3 is 5.73 Å². The Labute approximate surface area is 90.6 Å². The molecule has 0 aliphatic heterocycles. The molecule has 0 radical (unpaired) electrons. The molecule has 0 unspecified atom stereocenters. The zero-order valence-electron chi connectivity index (χ0n) is 8.96. The van der Waals surface area contributed by atoms with Crippen molar-refractivity contribution in [2.45, 2.75) is 45.4 Å². The van der Waals surface area contributed by atoms with Gasteiger partial charge in [0.05, 0.1) is 10.7 Å². The molecule has 1 aromatic rings. The summed E-state index contributed by atoms with van der Waals surface area (Å²) in [5.41, 5.74) is 6.73. The summed E-state index contributed by atoms with van der Waals surface area (Å²) in [6.07, 6.45) is 7.33. The molecule has 0 aliphatic rings. The Morgan fingerprint density at radius 1 is 1.29 bits per heavy atom. The number of nitrogens with zero attached hydrogens (tertiary/aromatic N) is 1. The van der Waals surface area contributed by atoms with Gasteiger partial charge in [-0.2, -0.15) is 0 Å². The first-order chi connectivity index (χ1) is 6.86. The standard InChI is InChI=1S/C11H20N2S/c1-2-3-4-5-6-10-9-14-11(13-10)7-8-12/h9H,2-8,12H2,1H3. The van der Waals surface area contributed by atoms with E-state index >= 15 is 0 Å². The Kier molecular flexibility index (Phi) is 5.80. The van der Waals surface area contributed by atoms with Gasteiger partial charge in [0.15, 0.2) is 0 Å². The van der Waals surface area contributed by atoms with Gasteiger partial charge in [0.2, 0.25) is 0 Å². The van der Waals surface area contributed by atoms with E-state index < -0.39 is 0 Å². The lowest BCUT2D eigenvalue weighted by atomic mass is 10.1. The average Bonchev–Trinajstić information content (AvgIpc) is 2.61. The van der Waals surface area contributed by atoms with Crippen LogP contribution in [0.1, 0.15) is 43.3 Å². The van der Waals surface area contributed by atoms with Crippen LogP contribution >= 0.6 is 11.3 Å². The molecule has 0 atom stereocenters. The van der Waals surface area contributed by atoms with Crippen molar-refractivity contribution < 1.29 is 0 Å². The zero-order valence-corrected chi connectivity index (χ0v) is 9.78. The summed E-state index contributed by atoms with van der Waals surface area (Å²) in [5.74, 6) is 0. The number of aryl methyl sites for hydroxylation is 1. The van der Waals surface area contributed by atoms with Gasteiger partial charge in [0, 0.05) is 11.8 Å². The van der Waals surface area contributed by atoms with Crippen LogP contribution in [0.25, 0.3) is 0 Å². The van der Waals surface area contributed by atoms with E-state index in [0.29, 0.717) is 6.54 Å². The summed E-state index contributed by atoms with van der Waals surface area (Å²) in [7, 11) is 0. The second kappa shape index (κ2) is 6.96. The minimum Gasteiger partial charge on any atom is -0.330 e. The van der Waals surface area contributed by atoms with Gasteiger partial charge in [-0.3, -0.25) is 0 Å². The Hall–Kier alpha value is -0.410. The third-order valence-electron chi connectivity index (χ3n) is 2.24. The SMILES string of the molecule is CCCCCCc1csc(CCN)n1. The van der Waals surface area contributed by atoms with E-state index in [1.165, 1.54) is 36.4 Å². The first-order valence-electron chi connectivity index (χ1n) is 5.50. The highest BCUT2D eigenvalue weighted by atomic mass is 32.1. The topological polar surface area (TPSA) is 38.9 Å². The number of nitrogens with two attached hydrogens (primary N) is 1. The fraction of sp³-hybridized carbons (Fsp3) is 0.727. The van der Waals surface area contributed by atoms with Crippen molar-refractivity contribution in [1.82, 2.24) is 4.98 Å². The molecule has 2 N–H and O–H groups in total. The molecule has 0 saturated carbocycles. The van der Waals surface area contributed by atoms with Gasteiger partial charge in [-0.25, -0.2) is 4.98 Å². The lowest BCUT2D eigenvalue weighted by Crippen LogP contribution is -2.02. The Morgan fingerprint density at radius 2 is 2.14 bits per heavy atom. The number of thiazole rings is 1. The molecule has 0 fully saturated rings. The van der Waals surface area contributed by atoms with Crippen molar-refractivity contribution in [2.24, 2.45) is 5.73 Å². The molecule has 1 aromatic heterocycles. The number of aromatic nitrogens is 1. The highest BCUT2D eigenvalue weighted by Crippen LogP contribution is 2.13. The van der Waals surface area contributed by atoms with Gasteiger partial charge >= 0.3 is 0 Å². The predicted octanol–water partition coefficient (Wildman–Crippen LogP) is 2.77. The summed E-state index contributed by atoms with van der Waals surface area (Å²) in [4.78, 5) is 4.54. The van der Waals surface area contributed by atoms with Crippen LogP contribution in [0.2, 0.25) is 0 Å². The van der Waals surface area contributed by atoms with Crippen LogP contribution in [-0.4, -0.2) is 11.5 Å². The maximum absolute atomic E-state index is 5.48. The summed E-state index contributed by atoms with van der Waals surface area (Å²) < 4.78 is 0. The fourth-order valence-corrected chi connectivity index (χ4v) is 2.28. The van der Waals surface area contributed by atoms with Crippen LogP contribution in [0.4, 0.5) is 0 Å². The zero-order chi connectivity index (χ0) is 10.2. The van der Waals surface area contributed by atoms with Crippen LogP contribution in [0.5, 0.6) is 0 Å². The van der Waals surface area contributed by atoms with Crippen molar-refractivity contribution >= 4 is 11.3 Å². The third-order valence-corrected chi connectivity index (χ3v) is 3.20. The molecule has 0 saturated heterocycles. The number of hydrogen-bond acceptors (Lipinski definition) is 3. The fourth-order valence-electron chi connectivity index (χ4n) is 1.43. The molecular weight excluding hydrogens is 192 g/mol. The lowest BCUT2D eigenvalue weighted by molar-refractivity contribution is 0.661. The molecule has 14 heavy (non-hydrogen) atoms. The van der Waals surface area contributed by atoms with E-state index in [1.807, 2.05) is 0 Å². The Bertz CT molecular complexity index is 245. The third kappa shape index (κ3) is 4.20. The van der Waals surface area contributed by atoms with Crippen LogP contribution in [-0.2, 0) is 12.8 Å².